The largest absolute Gasteiger partial charge is 0.388 e. The second kappa shape index (κ2) is 3.66. The molecule has 1 aromatic carbocycles. The third kappa shape index (κ3) is 1.75. The van der Waals surface area contributed by atoms with Crippen molar-refractivity contribution in [2.45, 2.75) is 6.54 Å². The highest BCUT2D eigenvalue weighted by Gasteiger charge is 2.05. The van der Waals surface area contributed by atoms with Crippen molar-refractivity contribution in [2.75, 3.05) is 30.8 Å². The Bertz CT molecular complexity index is 296. The fourth-order valence-corrected chi connectivity index (χ4v) is 1.56. The lowest BCUT2D eigenvalue weighted by Gasteiger charge is -2.09. The van der Waals surface area contributed by atoms with Crippen LogP contribution in [0.1, 0.15) is 5.56 Å². The van der Waals surface area contributed by atoms with E-state index in [-0.39, 0.29) is 0 Å². The molecule has 3 nitrogen and oxygen atoms in total. The Labute approximate surface area is 78.5 Å². The molecule has 1 aliphatic rings. The summed E-state index contributed by atoms with van der Waals surface area (Å²) in [7, 11) is 1.94. The van der Waals surface area contributed by atoms with Crippen LogP contribution in [0.4, 0.5) is 11.4 Å². The van der Waals surface area contributed by atoms with Gasteiger partial charge in [0.05, 0.1) is 0 Å². The van der Waals surface area contributed by atoms with Gasteiger partial charge in [-0.3, -0.25) is 0 Å². The van der Waals surface area contributed by atoms with Crippen LogP contribution in [0.25, 0.3) is 0 Å². The van der Waals surface area contributed by atoms with Gasteiger partial charge in [-0.05, 0) is 17.7 Å². The third-order valence-electron chi connectivity index (χ3n) is 2.33. The van der Waals surface area contributed by atoms with E-state index in [0.717, 1.165) is 25.3 Å². The second-order valence-corrected chi connectivity index (χ2v) is 3.23. The van der Waals surface area contributed by atoms with E-state index >= 15 is 0 Å². The lowest BCUT2D eigenvalue weighted by atomic mass is 10.1. The van der Waals surface area contributed by atoms with Crippen LogP contribution >= 0.6 is 0 Å². The molecule has 1 heterocycles. The predicted molar refractivity (Wildman–Crippen MR) is 56.2 cm³/mol. The highest BCUT2D eigenvalue weighted by Crippen LogP contribution is 2.21. The molecule has 0 aliphatic carbocycles. The molecule has 3 heteroatoms. The van der Waals surface area contributed by atoms with Crippen molar-refractivity contribution in [3.8, 4) is 0 Å². The van der Waals surface area contributed by atoms with Gasteiger partial charge < -0.3 is 16.0 Å². The zero-order chi connectivity index (χ0) is 9.10. The Morgan fingerprint density at radius 3 is 3.08 bits per heavy atom. The molecule has 0 atom stereocenters. The topological polar surface area (TPSA) is 36.1 Å². The fraction of sp³-hybridized carbons (Fsp3) is 0.400. The summed E-state index contributed by atoms with van der Waals surface area (Å²) in [5, 5.41) is 9.89. The summed E-state index contributed by atoms with van der Waals surface area (Å²) in [5.74, 6) is 0. The monoisotopic (exact) mass is 177 g/mol. The molecule has 0 saturated carbocycles. The highest BCUT2D eigenvalue weighted by molar-refractivity contribution is 5.61. The van der Waals surface area contributed by atoms with Crippen LogP contribution in [0, 0.1) is 0 Å². The van der Waals surface area contributed by atoms with E-state index in [0.29, 0.717) is 0 Å². The SMILES string of the molecule is CNc1ccc2c(c1)NCCNC2. The van der Waals surface area contributed by atoms with E-state index in [9.17, 15) is 0 Å². The molecule has 1 aliphatic heterocycles. The second-order valence-electron chi connectivity index (χ2n) is 3.23. The normalized spacial score (nSPS) is 15.5. The maximum Gasteiger partial charge on any atom is 0.0406 e. The predicted octanol–water partition coefficient (Wildman–Crippen LogP) is 1.24. The molecule has 0 bridgehead atoms. The Morgan fingerprint density at radius 2 is 2.23 bits per heavy atom. The first-order valence-corrected chi connectivity index (χ1v) is 4.65. The van der Waals surface area contributed by atoms with Gasteiger partial charge in [0.1, 0.15) is 0 Å². The maximum atomic E-state index is 3.40. The number of hydrogen-bond acceptors (Lipinski definition) is 3. The molecule has 0 fully saturated rings. The van der Waals surface area contributed by atoms with Gasteiger partial charge in [0, 0.05) is 38.1 Å². The van der Waals surface area contributed by atoms with Gasteiger partial charge >= 0.3 is 0 Å². The van der Waals surface area contributed by atoms with Crippen LogP contribution in [0.2, 0.25) is 0 Å². The molecule has 0 aromatic heterocycles. The Hall–Kier alpha value is -1.22. The van der Waals surface area contributed by atoms with Crippen LogP contribution < -0.4 is 16.0 Å². The van der Waals surface area contributed by atoms with E-state index in [1.807, 2.05) is 7.05 Å². The highest BCUT2D eigenvalue weighted by atomic mass is 15.0. The summed E-state index contributed by atoms with van der Waals surface area (Å²) in [4.78, 5) is 0. The third-order valence-corrected chi connectivity index (χ3v) is 2.33. The molecule has 70 valence electrons. The summed E-state index contributed by atoms with van der Waals surface area (Å²) >= 11 is 0. The minimum Gasteiger partial charge on any atom is -0.388 e. The molecule has 0 radical (unpaired) electrons. The fourth-order valence-electron chi connectivity index (χ4n) is 1.56. The molecule has 0 unspecified atom stereocenters. The molecular formula is C10H15N3. The van der Waals surface area contributed by atoms with Crippen LogP contribution in [-0.2, 0) is 6.54 Å². The molecule has 13 heavy (non-hydrogen) atoms. The van der Waals surface area contributed by atoms with E-state index in [4.69, 9.17) is 0 Å². The average molecular weight is 177 g/mol. The van der Waals surface area contributed by atoms with E-state index in [1.54, 1.807) is 0 Å². The number of rotatable bonds is 1. The molecule has 3 N–H and O–H groups in total. The van der Waals surface area contributed by atoms with Crippen molar-refractivity contribution >= 4 is 11.4 Å². The van der Waals surface area contributed by atoms with Gasteiger partial charge in [0.25, 0.3) is 0 Å². The Kier molecular flexibility index (Phi) is 2.36. The first kappa shape index (κ1) is 8.38. The van der Waals surface area contributed by atoms with E-state index in [2.05, 4.69) is 34.1 Å². The van der Waals surface area contributed by atoms with Gasteiger partial charge in [-0.25, -0.2) is 0 Å². The molecule has 0 spiro atoms. The van der Waals surface area contributed by atoms with Crippen molar-refractivity contribution in [3.05, 3.63) is 23.8 Å². The van der Waals surface area contributed by atoms with Crippen LogP contribution in [0.15, 0.2) is 18.2 Å². The molecule has 1 aromatic rings. The van der Waals surface area contributed by atoms with Gasteiger partial charge in [0.2, 0.25) is 0 Å². The zero-order valence-electron chi connectivity index (χ0n) is 7.85. The first-order valence-electron chi connectivity index (χ1n) is 4.65. The van der Waals surface area contributed by atoms with Crippen molar-refractivity contribution < 1.29 is 0 Å². The van der Waals surface area contributed by atoms with Crippen molar-refractivity contribution in [2.24, 2.45) is 0 Å². The quantitative estimate of drug-likeness (QED) is 0.604. The average Bonchev–Trinajstić information content (AvgIpc) is 2.41. The van der Waals surface area contributed by atoms with E-state index in [1.165, 1.54) is 11.3 Å². The lowest BCUT2D eigenvalue weighted by Crippen LogP contribution is -2.16. The first-order chi connectivity index (χ1) is 6.40. The van der Waals surface area contributed by atoms with Gasteiger partial charge in [0.15, 0.2) is 0 Å². The van der Waals surface area contributed by atoms with Crippen molar-refractivity contribution in [3.63, 3.8) is 0 Å². The summed E-state index contributed by atoms with van der Waals surface area (Å²) in [6, 6.07) is 6.42. The number of hydrogen-bond donors (Lipinski definition) is 3. The summed E-state index contributed by atoms with van der Waals surface area (Å²) in [6.45, 7) is 3.00. The molecule has 2 rings (SSSR count). The van der Waals surface area contributed by atoms with Crippen LogP contribution in [0.3, 0.4) is 0 Å². The minimum atomic E-state index is 0.965. The molecular weight excluding hydrogens is 162 g/mol. The maximum absolute atomic E-state index is 3.40. The number of nitrogens with one attached hydrogen (secondary N) is 3. The van der Waals surface area contributed by atoms with Crippen LogP contribution in [0.5, 0.6) is 0 Å². The number of anilines is 2. The van der Waals surface area contributed by atoms with Gasteiger partial charge in [-0.2, -0.15) is 0 Å². The van der Waals surface area contributed by atoms with Gasteiger partial charge in [-0.15, -0.1) is 0 Å². The smallest absolute Gasteiger partial charge is 0.0406 e. The van der Waals surface area contributed by atoms with Crippen molar-refractivity contribution in [1.82, 2.24) is 5.32 Å². The zero-order valence-corrected chi connectivity index (χ0v) is 7.85. The van der Waals surface area contributed by atoms with Gasteiger partial charge in [-0.1, -0.05) is 6.07 Å². The van der Waals surface area contributed by atoms with Crippen LogP contribution in [-0.4, -0.2) is 20.1 Å². The lowest BCUT2D eigenvalue weighted by molar-refractivity contribution is 0.725. The summed E-state index contributed by atoms with van der Waals surface area (Å²) in [5.41, 5.74) is 3.75. The van der Waals surface area contributed by atoms with Crippen molar-refractivity contribution in [1.29, 1.82) is 0 Å². The molecule has 0 saturated heterocycles. The Balaban J connectivity index is 2.32. The summed E-state index contributed by atoms with van der Waals surface area (Å²) in [6.07, 6.45) is 0. The number of benzene rings is 1. The minimum absolute atomic E-state index is 0.965. The summed E-state index contributed by atoms with van der Waals surface area (Å²) < 4.78 is 0. The standard InChI is InChI=1S/C10H15N3/c1-11-9-3-2-8-7-12-4-5-13-10(8)6-9/h2-3,6,11-13H,4-5,7H2,1H3. The number of fused-ring (bicyclic) bond motifs is 1. The van der Waals surface area contributed by atoms with E-state index < -0.39 is 0 Å². The molecule has 0 amide bonds. The Morgan fingerprint density at radius 1 is 1.31 bits per heavy atom.